The van der Waals surface area contributed by atoms with Crippen LogP contribution in [-0.2, 0) is 6.42 Å². The predicted molar refractivity (Wildman–Crippen MR) is 58.4 cm³/mol. The lowest BCUT2D eigenvalue weighted by Gasteiger charge is -2.08. The van der Waals surface area contributed by atoms with Gasteiger partial charge in [-0.2, -0.15) is 0 Å². The minimum absolute atomic E-state index is 0.0800. The molecule has 15 heavy (non-hydrogen) atoms. The van der Waals surface area contributed by atoms with E-state index < -0.39 is 6.43 Å². The van der Waals surface area contributed by atoms with Gasteiger partial charge in [0.25, 0.3) is 6.43 Å². The molecule has 0 saturated carbocycles. The molecule has 0 saturated heterocycles. The first-order chi connectivity index (χ1) is 7.15. The van der Waals surface area contributed by atoms with Crippen LogP contribution in [0.3, 0.4) is 0 Å². The average molecular weight is 234 g/mol. The number of unbranched alkanes of at least 4 members (excludes halogenated alkanes) is 1. The van der Waals surface area contributed by atoms with Gasteiger partial charge in [-0.1, -0.05) is 17.7 Å². The topological polar surface area (TPSA) is 26.0 Å². The van der Waals surface area contributed by atoms with E-state index in [2.05, 4.69) is 0 Å². The average Bonchev–Trinajstić information content (AvgIpc) is 2.18. The lowest BCUT2D eigenvalue weighted by molar-refractivity contribution is 0.150. The number of halogens is 3. The lowest BCUT2D eigenvalue weighted by atomic mass is 10.0. The van der Waals surface area contributed by atoms with Crippen LogP contribution in [0.2, 0.25) is 5.02 Å². The molecule has 84 valence electrons. The molecule has 1 aromatic rings. The van der Waals surface area contributed by atoms with Crippen molar-refractivity contribution in [2.24, 2.45) is 5.73 Å². The van der Waals surface area contributed by atoms with Crippen LogP contribution in [0.4, 0.5) is 8.78 Å². The van der Waals surface area contributed by atoms with Crippen LogP contribution in [0.25, 0.3) is 0 Å². The van der Waals surface area contributed by atoms with E-state index in [4.69, 9.17) is 17.3 Å². The second-order valence-electron chi connectivity index (χ2n) is 3.39. The summed E-state index contributed by atoms with van der Waals surface area (Å²) in [7, 11) is 0. The Morgan fingerprint density at radius 1 is 1.27 bits per heavy atom. The second kappa shape index (κ2) is 6.03. The van der Waals surface area contributed by atoms with Crippen LogP contribution in [0.15, 0.2) is 18.2 Å². The van der Waals surface area contributed by atoms with Gasteiger partial charge in [0.05, 0.1) is 0 Å². The maximum Gasteiger partial charge on any atom is 0.264 e. The van der Waals surface area contributed by atoms with Crippen LogP contribution in [0, 0.1) is 0 Å². The summed E-state index contributed by atoms with van der Waals surface area (Å²) in [6, 6.07) is 4.50. The Labute approximate surface area is 93.2 Å². The summed E-state index contributed by atoms with van der Waals surface area (Å²) in [5, 5.41) is 0.502. The van der Waals surface area contributed by atoms with Crippen molar-refractivity contribution in [2.45, 2.75) is 25.7 Å². The maximum atomic E-state index is 12.6. The van der Waals surface area contributed by atoms with Gasteiger partial charge in [-0.15, -0.1) is 0 Å². The summed E-state index contributed by atoms with van der Waals surface area (Å²) in [6.45, 7) is 0.588. The van der Waals surface area contributed by atoms with Crippen molar-refractivity contribution in [3.63, 3.8) is 0 Å². The minimum Gasteiger partial charge on any atom is -0.330 e. The van der Waals surface area contributed by atoms with Gasteiger partial charge in [0, 0.05) is 10.6 Å². The standard InChI is InChI=1S/C11H14ClF2N/c12-9-4-5-10(11(13)14)8(7-9)3-1-2-6-15/h4-5,7,11H,1-3,6,15H2. The molecule has 1 rings (SSSR count). The second-order valence-corrected chi connectivity index (χ2v) is 3.83. The van der Waals surface area contributed by atoms with E-state index in [0.717, 1.165) is 12.8 Å². The van der Waals surface area contributed by atoms with Crippen molar-refractivity contribution in [3.8, 4) is 0 Å². The quantitative estimate of drug-likeness (QED) is 0.774. The summed E-state index contributed by atoms with van der Waals surface area (Å²) in [6.07, 6.45) is -0.168. The molecule has 0 aliphatic carbocycles. The first-order valence-electron chi connectivity index (χ1n) is 4.91. The van der Waals surface area contributed by atoms with Crippen LogP contribution in [0.5, 0.6) is 0 Å². The van der Waals surface area contributed by atoms with Gasteiger partial charge in [-0.3, -0.25) is 0 Å². The van der Waals surface area contributed by atoms with Gasteiger partial charge < -0.3 is 5.73 Å². The van der Waals surface area contributed by atoms with Crippen molar-refractivity contribution in [1.29, 1.82) is 0 Å². The van der Waals surface area contributed by atoms with Crippen molar-refractivity contribution in [1.82, 2.24) is 0 Å². The molecule has 1 aromatic carbocycles. The molecule has 0 amide bonds. The molecule has 0 heterocycles. The zero-order valence-electron chi connectivity index (χ0n) is 8.35. The third-order valence-electron chi connectivity index (χ3n) is 2.24. The van der Waals surface area contributed by atoms with Gasteiger partial charge in [0.1, 0.15) is 0 Å². The Morgan fingerprint density at radius 2 is 2.00 bits per heavy atom. The van der Waals surface area contributed by atoms with Crippen LogP contribution < -0.4 is 5.73 Å². The van der Waals surface area contributed by atoms with Crippen molar-refractivity contribution >= 4 is 11.6 Å². The minimum atomic E-state index is -2.44. The molecular formula is C11H14ClF2N. The smallest absolute Gasteiger partial charge is 0.264 e. The molecule has 0 spiro atoms. The highest BCUT2D eigenvalue weighted by Crippen LogP contribution is 2.26. The molecule has 0 fully saturated rings. The molecule has 4 heteroatoms. The fourth-order valence-electron chi connectivity index (χ4n) is 1.46. The van der Waals surface area contributed by atoms with E-state index in [-0.39, 0.29) is 5.56 Å². The molecule has 0 aromatic heterocycles. The summed E-state index contributed by atoms with van der Waals surface area (Å²) in [5.74, 6) is 0. The highest BCUT2D eigenvalue weighted by atomic mass is 35.5. The number of hydrogen-bond donors (Lipinski definition) is 1. The Hall–Kier alpha value is -0.670. The molecule has 0 bridgehead atoms. The molecule has 0 atom stereocenters. The van der Waals surface area contributed by atoms with Crippen molar-refractivity contribution in [3.05, 3.63) is 34.3 Å². The predicted octanol–water partition coefficient (Wildman–Crippen LogP) is 3.56. The normalized spacial score (nSPS) is 11.0. The Bertz CT molecular complexity index is 315. The molecule has 1 nitrogen and oxygen atoms in total. The maximum absolute atomic E-state index is 12.6. The Balaban J connectivity index is 2.77. The first-order valence-corrected chi connectivity index (χ1v) is 5.29. The number of hydrogen-bond acceptors (Lipinski definition) is 1. The van der Waals surface area contributed by atoms with Crippen LogP contribution >= 0.6 is 11.6 Å². The van der Waals surface area contributed by atoms with E-state index in [1.54, 1.807) is 6.07 Å². The molecule has 0 unspecified atom stereocenters. The highest BCUT2D eigenvalue weighted by Gasteiger charge is 2.12. The zero-order valence-corrected chi connectivity index (χ0v) is 9.11. The third-order valence-corrected chi connectivity index (χ3v) is 2.48. The monoisotopic (exact) mass is 233 g/mol. The van der Waals surface area contributed by atoms with E-state index >= 15 is 0 Å². The number of rotatable bonds is 5. The van der Waals surface area contributed by atoms with Gasteiger partial charge in [0.15, 0.2) is 0 Å². The largest absolute Gasteiger partial charge is 0.330 e. The molecule has 0 aliphatic rings. The van der Waals surface area contributed by atoms with E-state index in [0.29, 0.717) is 23.6 Å². The summed E-state index contributed by atoms with van der Waals surface area (Å²) in [5.41, 5.74) is 6.06. The van der Waals surface area contributed by atoms with Gasteiger partial charge in [0.2, 0.25) is 0 Å². The van der Waals surface area contributed by atoms with E-state index in [1.807, 2.05) is 0 Å². The number of alkyl halides is 2. The van der Waals surface area contributed by atoms with Crippen molar-refractivity contribution < 1.29 is 8.78 Å². The zero-order chi connectivity index (χ0) is 11.3. The summed E-state index contributed by atoms with van der Waals surface area (Å²) < 4.78 is 25.2. The molecule has 0 aliphatic heterocycles. The van der Waals surface area contributed by atoms with Gasteiger partial charge in [-0.05, 0) is 43.5 Å². The van der Waals surface area contributed by atoms with Crippen LogP contribution in [0.1, 0.15) is 30.4 Å². The Morgan fingerprint density at radius 3 is 2.60 bits per heavy atom. The van der Waals surface area contributed by atoms with E-state index in [1.165, 1.54) is 12.1 Å². The summed E-state index contributed by atoms with van der Waals surface area (Å²) >= 11 is 5.76. The van der Waals surface area contributed by atoms with E-state index in [9.17, 15) is 8.78 Å². The Kier molecular flexibility index (Phi) is 4.99. The number of nitrogens with two attached hydrogens (primary N) is 1. The number of aryl methyl sites for hydroxylation is 1. The first kappa shape index (κ1) is 12.4. The van der Waals surface area contributed by atoms with Crippen molar-refractivity contribution in [2.75, 3.05) is 6.54 Å². The summed E-state index contributed by atoms with van der Waals surface area (Å²) in [4.78, 5) is 0. The highest BCUT2D eigenvalue weighted by molar-refractivity contribution is 6.30. The number of benzene rings is 1. The van der Waals surface area contributed by atoms with Crippen LogP contribution in [-0.4, -0.2) is 6.54 Å². The molecule has 2 N–H and O–H groups in total. The fraction of sp³-hybridized carbons (Fsp3) is 0.455. The van der Waals surface area contributed by atoms with Gasteiger partial charge >= 0.3 is 0 Å². The molecular weight excluding hydrogens is 220 g/mol. The fourth-order valence-corrected chi connectivity index (χ4v) is 1.66. The third kappa shape index (κ3) is 3.76. The SMILES string of the molecule is NCCCCc1cc(Cl)ccc1C(F)F. The molecule has 0 radical (unpaired) electrons. The lowest BCUT2D eigenvalue weighted by Crippen LogP contribution is -2.00. The van der Waals surface area contributed by atoms with Gasteiger partial charge in [-0.25, -0.2) is 8.78 Å².